The van der Waals surface area contributed by atoms with E-state index in [0.717, 1.165) is 16.7 Å². The third kappa shape index (κ3) is 4.00. The molecule has 0 bridgehead atoms. The average molecular weight is 424 g/mol. The summed E-state index contributed by atoms with van der Waals surface area (Å²) >= 11 is 0. The summed E-state index contributed by atoms with van der Waals surface area (Å²) in [7, 11) is 0. The molecule has 5 rings (SSSR count). The van der Waals surface area contributed by atoms with Gasteiger partial charge >= 0.3 is 0 Å². The highest BCUT2D eigenvalue weighted by Gasteiger charge is 2.09. The average Bonchev–Trinajstić information content (AvgIpc) is 3.25. The van der Waals surface area contributed by atoms with E-state index in [2.05, 4.69) is 15.3 Å². The van der Waals surface area contributed by atoms with Crippen molar-refractivity contribution in [2.45, 2.75) is 19.4 Å². The molecule has 5 aromatic rings. The molecule has 7 heteroatoms. The molecule has 0 unspecified atom stereocenters. The number of rotatable bonds is 6. The highest BCUT2D eigenvalue weighted by Crippen LogP contribution is 2.25. The quantitative estimate of drug-likeness (QED) is 0.429. The Hall–Kier alpha value is -4.26. The van der Waals surface area contributed by atoms with Crippen molar-refractivity contribution in [3.05, 3.63) is 89.5 Å². The van der Waals surface area contributed by atoms with E-state index in [1.54, 1.807) is 10.6 Å². The topological polar surface area (TPSA) is 90.0 Å². The van der Waals surface area contributed by atoms with Crippen LogP contribution in [-0.4, -0.2) is 20.4 Å². The van der Waals surface area contributed by atoms with E-state index in [1.165, 1.54) is 6.33 Å². The summed E-state index contributed by atoms with van der Waals surface area (Å²) in [4.78, 5) is 33.6. The second kappa shape index (κ2) is 8.47. The van der Waals surface area contributed by atoms with Gasteiger partial charge in [0.2, 0.25) is 11.8 Å². The van der Waals surface area contributed by atoms with Crippen LogP contribution in [0.4, 0.5) is 5.69 Å². The lowest BCUT2D eigenvalue weighted by Crippen LogP contribution is -2.21. The second-order valence-electron chi connectivity index (χ2n) is 7.48. The zero-order valence-corrected chi connectivity index (χ0v) is 17.2. The number of hydrogen-bond acceptors (Lipinski definition) is 5. The molecule has 1 amide bonds. The summed E-state index contributed by atoms with van der Waals surface area (Å²) < 4.78 is 7.32. The number of fused-ring (bicyclic) bond motifs is 2. The van der Waals surface area contributed by atoms with Gasteiger partial charge in [0, 0.05) is 24.2 Å². The molecule has 0 saturated carbocycles. The number of aromatic nitrogens is 3. The van der Waals surface area contributed by atoms with Crippen LogP contribution < -0.4 is 10.9 Å². The van der Waals surface area contributed by atoms with Crippen molar-refractivity contribution in [3.8, 4) is 11.5 Å². The zero-order chi connectivity index (χ0) is 21.9. The van der Waals surface area contributed by atoms with Gasteiger partial charge in [-0.3, -0.25) is 14.2 Å². The van der Waals surface area contributed by atoms with E-state index in [-0.39, 0.29) is 11.5 Å². The van der Waals surface area contributed by atoms with Gasteiger partial charge in [-0.25, -0.2) is 9.97 Å². The van der Waals surface area contributed by atoms with Gasteiger partial charge in [-0.1, -0.05) is 24.3 Å². The largest absolute Gasteiger partial charge is 0.436 e. The molecule has 32 heavy (non-hydrogen) atoms. The molecule has 0 fully saturated rings. The van der Waals surface area contributed by atoms with Gasteiger partial charge in [-0.2, -0.15) is 0 Å². The molecule has 2 heterocycles. The summed E-state index contributed by atoms with van der Waals surface area (Å²) in [6, 6.07) is 22.2. The van der Waals surface area contributed by atoms with E-state index in [1.807, 2.05) is 66.7 Å². The number of para-hydroxylation sites is 3. The molecular weight excluding hydrogens is 404 g/mol. The predicted octanol–water partition coefficient (Wildman–Crippen LogP) is 4.62. The first kappa shape index (κ1) is 19.7. The van der Waals surface area contributed by atoms with E-state index in [4.69, 9.17) is 4.42 Å². The van der Waals surface area contributed by atoms with Crippen LogP contribution in [0.15, 0.2) is 88.3 Å². The van der Waals surface area contributed by atoms with Crippen LogP contribution in [0.25, 0.3) is 33.5 Å². The van der Waals surface area contributed by atoms with Crippen molar-refractivity contribution in [3.63, 3.8) is 0 Å². The highest BCUT2D eigenvalue weighted by molar-refractivity contribution is 5.91. The molecule has 2 aromatic heterocycles. The van der Waals surface area contributed by atoms with E-state index >= 15 is 0 Å². The first-order valence-electron chi connectivity index (χ1n) is 10.4. The first-order valence-corrected chi connectivity index (χ1v) is 10.4. The van der Waals surface area contributed by atoms with Crippen LogP contribution in [0, 0.1) is 0 Å². The minimum absolute atomic E-state index is 0.0919. The Kier molecular flexibility index (Phi) is 5.21. The Morgan fingerprint density at radius 3 is 2.50 bits per heavy atom. The zero-order valence-electron chi connectivity index (χ0n) is 17.2. The molecular formula is C25H20N4O3. The fraction of sp³-hybridized carbons (Fsp3) is 0.120. The fourth-order valence-corrected chi connectivity index (χ4v) is 3.59. The molecule has 0 atom stereocenters. The first-order chi connectivity index (χ1) is 15.7. The van der Waals surface area contributed by atoms with E-state index in [0.29, 0.717) is 41.9 Å². The van der Waals surface area contributed by atoms with Crippen molar-refractivity contribution < 1.29 is 9.21 Å². The monoisotopic (exact) mass is 424 g/mol. The van der Waals surface area contributed by atoms with Gasteiger partial charge in [0.1, 0.15) is 5.52 Å². The van der Waals surface area contributed by atoms with Gasteiger partial charge in [0.25, 0.3) is 5.56 Å². The SMILES string of the molecule is O=C(CCCn1cnc2ccccc2c1=O)Nc1ccc(-c2nc3ccccc3o2)cc1. The lowest BCUT2D eigenvalue weighted by molar-refractivity contribution is -0.116. The van der Waals surface area contributed by atoms with Crippen LogP contribution >= 0.6 is 0 Å². The summed E-state index contributed by atoms with van der Waals surface area (Å²) in [5.41, 5.74) is 3.65. The Morgan fingerprint density at radius 1 is 0.938 bits per heavy atom. The van der Waals surface area contributed by atoms with Crippen molar-refractivity contribution in [1.82, 2.24) is 14.5 Å². The lowest BCUT2D eigenvalue weighted by atomic mass is 10.2. The molecule has 0 aliphatic rings. The molecule has 1 N–H and O–H groups in total. The van der Waals surface area contributed by atoms with Gasteiger partial charge < -0.3 is 9.73 Å². The van der Waals surface area contributed by atoms with Crippen molar-refractivity contribution >= 4 is 33.6 Å². The van der Waals surface area contributed by atoms with Crippen LogP contribution in [0.2, 0.25) is 0 Å². The van der Waals surface area contributed by atoms with Crippen molar-refractivity contribution in [2.24, 2.45) is 0 Å². The maximum absolute atomic E-state index is 12.5. The Morgan fingerprint density at radius 2 is 1.69 bits per heavy atom. The number of oxazole rings is 1. The minimum atomic E-state index is -0.110. The number of nitrogens with zero attached hydrogens (tertiary/aromatic N) is 3. The van der Waals surface area contributed by atoms with E-state index in [9.17, 15) is 9.59 Å². The summed E-state index contributed by atoms with van der Waals surface area (Å²) in [6.45, 7) is 0.431. The third-order valence-electron chi connectivity index (χ3n) is 5.24. The number of carbonyl (C=O) groups is 1. The minimum Gasteiger partial charge on any atom is -0.436 e. The number of hydrogen-bond donors (Lipinski definition) is 1. The van der Waals surface area contributed by atoms with Crippen LogP contribution in [0.3, 0.4) is 0 Å². The third-order valence-corrected chi connectivity index (χ3v) is 5.24. The number of carbonyl (C=O) groups excluding carboxylic acids is 1. The standard InChI is InChI=1S/C25H20N4O3/c30-23(10-5-15-29-16-26-20-7-2-1-6-19(20)25(29)31)27-18-13-11-17(12-14-18)24-28-21-8-3-4-9-22(21)32-24/h1-4,6-9,11-14,16H,5,10,15H2,(H,27,30). The normalized spacial score (nSPS) is 11.1. The van der Waals surface area contributed by atoms with Crippen LogP contribution in [0.1, 0.15) is 12.8 Å². The van der Waals surface area contributed by atoms with Crippen molar-refractivity contribution in [1.29, 1.82) is 0 Å². The van der Waals surface area contributed by atoms with Gasteiger partial charge in [-0.15, -0.1) is 0 Å². The number of anilines is 1. The number of nitrogens with one attached hydrogen (secondary N) is 1. The van der Waals surface area contributed by atoms with Crippen molar-refractivity contribution in [2.75, 3.05) is 5.32 Å². The maximum Gasteiger partial charge on any atom is 0.261 e. The Bertz CT molecular complexity index is 1440. The van der Waals surface area contributed by atoms with Gasteiger partial charge in [-0.05, 0) is 55.0 Å². The summed E-state index contributed by atoms with van der Waals surface area (Å²) in [6.07, 6.45) is 2.37. The van der Waals surface area contributed by atoms with Gasteiger partial charge in [0.15, 0.2) is 5.58 Å². The van der Waals surface area contributed by atoms with E-state index < -0.39 is 0 Å². The smallest absolute Gasteiger partial charge is 0.261 e. The lowest BCUT2D eigenvalue weighted by Gasteiger charge is -2.08. The fourth-order valence-electron chi connectivity index (χ4n) is 3.59. The maximum atomic E-state index is 12.5. The second-order valence-corrected chi connectivity index (χ2v) is 7.48. The molecule has 0 spiro atoms. The van der Waals surface area contributed by atoms with Crippen LogP contribution in [0.5, 0.6) is 0 Å². The Balaban J connectivity index is 1.18. The predicted molar refractivity (Wildman–Crippen MR) is 123 cm³/mol. The molecule has 158 valence electrons. The summed E-state index contributed by atoms with van der Waals surface area (Å²) in [5.74, 6) is 0.430. The number of benzene rings is 3. The Labute approximate surface area is 183 Å². The molecule has 3 aromatic carbocycles. The van der Waals surface area contributed by atoms with Gasteiger partial charge in [0.05, 0.1) is 17.2 Å². The van der Waals surface area contributed by atoms with Crippen LogP contribution in [-0.2, 0) is 11.3 Å². The number of aryl methyl sites for hydroxylation is 1. The molecule has 0 radical (unpaired) electrons. The molecule has 7 nitrogen and oxygen atoms in total. The summed E-state index contributed by atoms with van der Waals surface area (Å²) in [5, 5.41) is 3.47. The molecule has 0 aliphatic heterocycles. The highest BCUT2D eigenvalue weighted by atomic mass is 16.3. The number of amides is 1. The molecule has 0 aliphatic carbocycles. The molecule has 0 saturated heterocycles.